The van der Waals surface area contributed by atoms with Crippen LogP contribution in [0.15, 0.2) is 35.5 Å². The zero-order valence-electron chi connectivity index (χ0n) is 21.0. The van der Waals surface area contributed by atoms with Crippen LogP contribution in [0.2, 0.25) is 0 Å². The number of fused-ring (bicyclic) bond motifs is 3. The Morgan fingerprint density at radius 1 is 1.11 bits per heavy atom. The van der Waals surface area contributed by atoms with Crippen molar-refractivity contribution in [2.45, 2.75) is 70.4 Å². The normalized spacial score (nSPS) is 23.6. The quantitative estimate of drug-likeness (QED) is 0.551. The summed E-state index contributed by atoms with van der Waals surface area (Å²) in [6, 6.07) is 8.55. The predicted octanol–water partition coefficient (Wildman–Crippen LogP) is 4.90. The molecule has 3 aliphatic rings. The number of benzene rings is 1. The van der Waals surface area contributed by atoms with Crippen LogP contribution in [0.4, 0.5) is 5.82 Å². The molecule has 5 rings (SSSR count). The number of carbonyl (C=O) groups excluding carboxylic acids is 1. The lowest BCUT2D eigenvalue weighted by Crippen LogP contribution is -2.36. The number of esters is 1. The molecule has 186 valence electrons. The first-order valence-corrected chi connectivity index (χ1v) is 12.9. The lowest BCUT2D eigenvalue weighted by Gasteiger charge is -2.38. The highest BCUT2D eigenvalue weighted by atomic mass is 16.5. The van der Waals surface area contributed by atoms with Gasteiger partial charge in [-0.05, 0) is 75.3 Å². The molecule has 0 amide bonds. The van der Waals surface area contributed by atoms with Gasteiger partial charge in [-0.25, -0.2) is 4.98 Å². The minimum Gasteiger partial charge on any atom is -0.493 e. The van der Waals surface area contributed by atoms with Crippen molar-refractivity contribution < 1.29 is 19.0 Å². The Hall–Kier alpha value is -3.09. The third kappa shape index (κ3) is 4.86. The lowest BCUT2D eigenvalue weighted by molar-refractivity contribution is -0.148. The molecule has 3 heterocycles. The van der Waals surface area contributed by atoms with E-state index in [1.165, 1.54) is 31.7 Å². The van der Waals surface area contributed by atoms with Gasteiger partial charge >= 0.3 is 5.97 Å². The third-order valence-electron chi connectivity index (χ3n) is 7.38. The Balaban J connectivity index is 1.53. The second-order valence-electron chi connectivity index (χ2n) is 9.67. The van der Waals surface area contributed by atoms with Crippen LogP contribution in [0.1, 0.15) is 75.0 Å². The van der Waals surface area contributed by atoms with E-state index in [4.69, 9.17) is 24.2 Å². The molecule has 0 bridgehead atoms. The maximum atomic E-state index is 11.6. The molecule has 1 saturated carbocycles. The van der Waals surface area contributed by atoms with Crippen LogP contribution in [0, 0.1) is 0 Å². The van der Waals surface area contributed by atoms with Gasteiger partial charge in [0.1, 0.15) is 11.9 Å². The summed E-state index contributed by atoms with van der Waals surface area (Å²) in [5.41, 5.74) is 4.19. The van der Waals surface area contributed by atoms with Gasteiger partial charge in [0.05, 0.1) is 25.5 Å². The molecule has 7 nitrogen and oxygen atoms in total. The van der Waals surface area contributed by atoms with Crippen molar-refractivity contribution in [3.63, 3.8) is 0 Å². The van der Waals surface area contributed by atoms with Crippen molar-refractivity contribution in [3.05, 3.63) is 47.2 Å². The summed E-state index contributed by atoms with van der Waals surface area (Å²) in [5, 5.41) is 0. The fourth-order valence-corrected chi connectivity index (χ4v) is 5.76. The summed E-state index contributed by atoms with van der Waals surface area (Å²) in [6.07, 6.45) is 8.09. The Labute approximate surface area is 207 Å². The maximum Gasteiger partial charge on any atom is 0.302 e. The van der Waals surface area contributed by atoms with E-state index in [1.807, 2.05) is 19.2 Å². The number of carbonyl (C=O) groups is 1. The summed E-state index contributed by atoms with van der Waals surface area (Å²) in [5.74, 6) is 2.41. The number of rotatable bonds is 6. The van der Waals surface area contributed by atoms with E-state index in [1.54, 1.807) is 7.11 Å². The van der Waals surface area contributed by atoms with Gasteiger partial charge in [0.15, 0.2) is 11.5 Å². The fraction of sp³-hybridized carbons (Fsp3) is 0.536. The first kappa shape index (κ1) is 23.6. The molecule has 2 aliphatic heterocycles. The van der Waals surface area contributed by atoms with Gasteiger partial charge in [-0.15, -0.1) is 0 Å². The molecule has 2 aromatic rings. The number of hydrogen-bond donors (Lipinski definition) is 0. The van der Waals surface area contributed by atoms with Crippen molar-refractivity contribution in [1.82, 2.24) is 4.98 Å². The second-order valence-corrected chi connectivity index (χ2v) is 9.67. The molecular weight excluding hydrogens is 442 g/mol. The highest BCUT2D eigenvalue weighted by molar-refractivity contribution is 6.15. The minimum atomic E-state index is -0.224. The first-order chi connectivity index (χ1) is 17.1. The van der Waals surface area contributed by atoms with E-state index in [-0.39, 0.29) is 24.0 Å². The number of aromatic nitrogens is 1. The lowest BCUT2D eigenvalue weighted by atomic mass is 9.74. The molecule has 3 atom stereocenters. The molecule has 35 heavy (non-hydrogen) atoms. The van der Waals surface area contributed by atoms with E-state index in [2.05, 4.69) is 23.1 Å². The molecule has 1 saturated heterocycles. The Morgan fingerprint density at radius 3 is 2.63 bits per heavy atom. The monoisotopic (exact) mass is 477 g/mol. The van der Waals surface area contributed by atoms with Gasteiger partial charge in [0, 0.05) is 43.3 Å². The third-order valence-corrected chi connectivity index (χ3v) is 7.38. The average molecular weight is 478 g/mol. The molecule has 0 unspecified atom stereocenters. The molecule has 1 aromatic carbocycles. The van der Waals surface area contributed by atoms with Crippen molar-refractivity contribution in [2.24, 2.45) is 4.99 Å². The number of hydrogen-bond acceptors (Lipinski definition) is 7. The Kier molecular flexibility index (Phi) is 6.93. The zero-order chi connectivity index (χ0) is 24.4. The Morgan fingerprint density at radius 2 is 1.94 bits per heavy atom. The summed E-state index contributed by atoms with van der Waals surface area (Å²) < 4.78 is 17.2. The smallest absolute Gasteiger partial charge is 0.302 e. The Bertz CT molecular complexity index is 1090. The first-order valence-electron chi connectivity index (χ1n) is 12.9. The van der Waals surface area contributed by atoms with Gasteiger partial charge < -0.3 is 19.1 Å². The molecule has 1 aliphatic carbocycles. The van der Waals surface area contributed by atoms with Crippen molar-refractivity contribution in [3.8, 4) is 11.5 Å². The second kappa shape index (κ2) is 10.3. The van der Waals surface area contributed by atoms with E-state index in [0.29, 0.717) is 12.4 Å². The van der Waals surface area contributed by atoms with Gasteiger partial charge in [0.2, 0.25) is 0 Å². The van der Waals surface area contributed by atoms with Crippen LogP contribution >= 0.6 is 0 Å². The van der Waals surface area contributed by atoms with Crippen LogP contribution in [-0.2, 0) is 9.53 Å². The number of aliphatic imine (C=N–C) groups is 1. The topological polar surface area (TPSA) is 73.2 Å². The zero-order valence-corrected chi connectivity index (χ0v) is 21.0. The summed E-state index contributed by atoms with van der Waals surface area (Å²) in [7, 11) is 1.67. The van der Waals surface area contributed by atoms with Crippen molar-refractivity contribution >= 4 is 17.5 Å². The number of piperidine rings is 1. The van der Waals surface area contributed by atoms with Gasteiger partial charge in [-0.3, -0.25) is 9.79 Å². The number of nitrogens with zero attached hydrogens (tertiary/aromatic N) is 3. The summed E-state index contributed by atoms with van der Waals surface area (Å²) in [6.45, 7) is 6.15. The number of methoxy groups -OCH3 is 1. The molecule has 1 aromatic heterocycles. The highest BCUT2D eigenvalue weighted by Crippen LogP contribution is 2.45. The van der Waals surface area contributed by atoms with Crippen LogP contribution in [0.5, 0.6) is 11.5 Å². The van der Waals surface area contributed by atoms with Crippen molar-refractivity contribution in [2.75, 3.05) is 31.7 Å². The van der Waals surface area contributed by atoms with Gasteiger partial charge in [0.25, 0.3) is 0 Å². The maximum absolute atomic E-state index is 11.6. The van der Waals surface area contributed by atoms with E-state index in [0.717, 1.165) is 60.8 Å². The predicted molar refractivity (Wildman–Crippen MR) is 136 cm³/mol. The SMILES string of the molecule is CCOc1cc2c(cc1OC)C(c1ccc(N3CCCCC3)nc1)=N[C@@H]1CC[C@@H](OC(C)=O)C[C@H]21. The minimum absolute atomic E-state index is 0.0820. The average Bonchev–Trinajstić information content (AvgIpc) is 2.88. The largest absolute Gasteiger partial charge is 0.493 e. The standard InChI is InChI=1S/C28H35N3O4/c1-4-34-26-15-21-22-14-20(35-18(2)32)9-10-24(22)30-28(23(21)16-25(26)33-3)19-8-11-27(29-17-19)31-12-6-5-7-13-31/h8,11,15-17,20,22,24H,4-7,9-10,12-14H2,1-3H3/t20-,22-,24-/m1/s1. The number of anilines is 1. The molecule has 0 spiro atoms. The molecule has 0 radical (unpaired) electrons. The molecule has 0 N–H and O–H groups in total. The van der Waals surface area contributed by atoms with E-state index < -0.39 is 0 Å². The highest BCUT2D eigenvalue weighted by Gasteiger charge is 2.38. The van der Waals surface area contributed by atoms with Crippen LogP contribution in [0.3, 0.4) is 0 Å². The van der Waals surface area contributed by atoms with Crippen LogP contribution < -0.4 is 14.4 Å². The van der Waals surface area contributed by atoms with E-state index >= 15 is 0 Å². The van der Waals surface area contributed by atoms with Crippen LogP contribution in [0.25, 0.3) is 0 Å². The summed E-state index contributed by atoms with van der Waals surface area (Å²) >= 11 is 0. The van der Waals surface area contributed by atoms with Gasteiger partial charge in [-0.2, -0.15) is 0 Å². The van der Waals surface area contributed by atoms with E-state index in [9.17, 15) is 4.79 Å². The molecule has 2 fully saturated rings. The number of ether oxygens (including phenoxy) is 3. The van der Waals surface area contributed by atoms with Crippen molar-refractivity contribution in [1.29, 1.82) is 0 Å². The molecule has 7 heteroatoms. The van der Waals surface area contributed by atoms with Crippen LogP contribution in [-0.4, -0.2) is 55.6 Å². The molecular formula is C28H35N3O4. The summed E-state index contributed by atoms with van der Waals surface area (Å²) in [4.78, 5) is 24.1. The van der Waals surface area contributed by atoms with Gasteiger partial charge in [-0.1, -0.05) is 0 Å². The fourth-order valence-electron chi connectivity index (χ4n) is 5.76. The number of pyridine rings is 1.